The second-order valence-corrected chi connectivity index (χ2v) is 9.20. The van der Waals surface area contributed by atoms with Gasteiger partial charge in [-0.25, -0.2) is 10.3 Å². The number of aryl methyl sites for hydroxylation is 2. The highest BCUT2D eigenvalue weighted by atomic mass is 16.5. The van der Waals surface area contributed by atoms with Crippen LogP contribution in [0.3, 0.4) is 0 Å². The van der Waals surface area contributed by atoms with Crippen LogP contribution < -0.4 is 11.2 Å². The number of hydrogen-bond donors (Lipinski definition) is 4. The molecule has 35 heavy (non-hydrogen) atoms. The summed E-state index contributed by atoms with van der Waals surface area (Å²) in [6.45, 7) is 0. The van der Waals surface area contributed by atoms with Crippen molar-refractivity contribution < 1.29 is 19.9 Å². The normalized spacial score (nSPS) is 15.0. The Morgan fingerprint density at radius 3 is 2.31 bits per heavy atom. The molecule has 0 radical (unpaired) electrons. The van der Waals surface area contributed by atoms with Crippen molar-refractivity contribution in [2.75, 3.05) is 0 Å². The van der Waals surface area contributed by atoms with Gasteiger partial charge in [-0.2, -0.15) is 0 Å². The van der Waals surface area contributed by atoms with Crippen LogP contribution in [0.25, 0.3) is 0 Å². The number of amides is 1. The smallest absolute Gasteiger partial charge is 0.329 e. The van der Waals surface area contributed by atoms with Crippen LogP contribution in [0, 0.1) is 5.92 Å². The van der Waals surface area contributed by atoms with Crippen molar-refractivity contribution in [2.24, 2.45) is 5.92 Å². The number of hydrogen-bond acceptors (Lipinski definition) is 5. The zero-order chi connectivity index (χ0) is 24.8. The number of nitrogens with one attached hydrogen (secondary N) is 2. The minimum atomic E-state index is -0.965. The van der Waals surface area contributed by atoms with Gasteiger partial charge in [0, 0.05) is 12.0 Å². The average molecular weight is 478 g/mol. The van der Waals surface area contributed by atoms with E-state index in [-0.39, 0.29) is 17.6 Å². The van der Waals surface area contributed by atoms with Gasteiger partial charge in [0.2, 0.25) is 5.88 Å². The van der Waals surface area contributed by atoms with Crippen molar-refractivity contribution in [1.82, 2.24) is 15.0 Å². The highest BCUT2D eigenvalue weighted by molar-refractivity contribution is 5.97. The van der Waals surface area contributed by atoms with E-state index in [0.29, 0.717) is 30.5 Å². The second kappa shape index (κ2) is 11.2. The van der Waals surface area contributed by atoms with Crippen LogP contribution in [-0.2, 0) is 24.1 Å². The first-order valence-electron chi connectivity index (χ1n) is 12.1. The summed E-state index contributed by atoms with van der Waals surface area (Å²) in [5.41, 5.74) is 3.97. The number of nitrogens with zero attached hydrogens (tertiary/aromatic N) is 1. The van der Waals surface area contributed by atoms with Crippen molar-refractivity contribution in [3.8, 4) is 5.88 Å². The molecule has 0 aliphatic heterocycles. The number of ketones is 1. The van der Waals surface area contributed by atoms with Crippen molar-refractivity contribution >= 4 is 11.7 Å². The standard InChI is InChI=1S/C27H31N3O5/c31-23(17-19-7-3-1-4-8-19)20-14-11-18(12-15-20)13-16-22-26(33)30(27(34)28-22)24(25(32)29-35)21-9-5-2-6-10-21/h1,3-4,7-8,11-12,14-15,21,24,33,35H,2,5-6,9-10,13,16-17H2,(H,28,34)(H,29,32). The lowest BCUT2D eigenvalue weighted by Crippen LogP contribution is -2.39. The Morgan fingerprint density at radius 1 is 0.971 bits per heavy atom. The zero-order valence-corrected chi connectivity index (χ0v) is 19.6. The van der Waals surface area contributed by atoms with Gasteiger partial charge in [-0.1, -0.05) is 73.9 Å². The molecular formula is C27H31N3O5. The molecule has 1 atom stereocenters. The molecule has 8 heteroatoms. The summed E-state index contributed by atoms with van der Waals surface area (Å²) in [5, 5.41) is 20.1. The molecule has 2 aromatic carbocycles. The van der Waals surface area contributed by atoms with E-state index < -0.39 is 17.6 Å². The molecular weight excluding hydrogens is 446 g/mol. The maximum atomic E-state index is 12.7. The third-order valence-corrected chi connectivity index (χ3v) is 6.88. The number of carbonyl (C=O) groups excluding carboxylic acids is 2. The summed E-state index contributed by atoms with van der Waals surface area (Å²) in [6, 6.07) is 15.9. The van der Waals surface area contributed by atoms with E-state index in [1.807, 2.05) is 42.5 Å². The Labute approximate surface area is 203 Å². The molecule has 184 valence electrons. The second-order valence-electron chi connectivity index (χ2n) is 9.20. The number of carbonyl (C=O) groups is 2. The van der Waals surface area contributed by atoms with E-state index in [9.17, 15) is 24.7 Å². The average Bonchev–Trinajstić information content (AvgIpc) is 3.17. The molecule has 1 heterocycles. The maximum absolute atomic E-state index is 12.7. The van der Waals surface area contributed by atoms with Crippen LogP contribution in [0.15, 0.2) is 59.4 Å². The van der Waals surface area contributed by atoms with E-state index in [0.717, 1.165) is 47.8 Å². The third kappa shape index (κ3) is 5.71. The lowest BCUT2D eigenvalue weighted by atomic mass is 9.83. The van der Waals surface area contributed by atoms with Crippen molar-refractivity contribution in [3.05, 3.63) is 87.5 Å². The molecule has 1 aliphatic carbocycles. The largest absolute Gasteiger partial charge is 0.493 e. The Kier molecular flexibility index (Phi) is 7.82. The van der Waals surface area contributed by atoms with Gasteiger partial charge < -0.3 is 10.1 Å². The number of benzene rings is 2. The Balaban J connectivity index is 1.44. The van der Waals surface area contributed by atoms with E-state index in [2.05, 4.69) is 4.98 Å². The monoisotopic (exact) mass is 477 g/mol. The van der Waals surface area contributed by atoms with Crippen LogP contribution in [-0.4, -0.2) is 31.6 Å². The number of aromatic hydroxyl groups is 1. The SMILES string of the molecule is O=C(Cc1ccccc1)c1ccc(CCc2[nH]c(=O)n(C(C(=O)NO)C3CCCCC3)c2O)cc1. The molecule has 1 aliphatic rings. The summed E-state index contributed by atoms with van der Waals surface area (Å²) in [7, 11) is 0. The summed E-state index contributed by atoms with van der Waals surface area (Å²) < 4.78 is 1.07. The predicted molar refractivity (Wildman–Crippen MR) is 131 cm³/mol. The lowest BCUT2D eigenvalue weighted by molar-refractivity contribution is -0.135. The highest BCUT2D eigenvalue weighted by Gasteiger charge is 2.34. The Bertz CT molecular complexity index is 1210. The number of aromatic amines is 1. The van der Waals surface area contributed by atoms with Gasteiger partial charge in [0.25, 0.3) is 5.91 Å². The van der Waals surface area contributed by atoms with Gasteiger partial charge in [0.15, 0.2) is 5.78 Å². The molecule has 1 fully saturated rings. The molecule has 0 saturated heterocycles. The first-order valence-corrected chi connectivity index (χ1v) is 12.1. The summed E-state index contributed by atoms with van der Waals surface area (Å²) in [5.74, 6) is -1.07. The van der Waals surface area contributed by atoms with Crippen LogP contribution in [0.4, 0.5) is 0 Å². The van der Waals surface area contributed by atoms with E-state index in [4.69, 9.17) is 0 Å². The van der Waals surface area contributed by atoms with Crippen LogP contribution in [0.2, 0.25) is 0 Å². The maximum Gasteiger partial charge on any atom is 0.329 e. The van der Waals surface area contributed by atoms with Crippen LogP contribution >= 0.6 is 0 Å². The quantitative estimate of drug-likeness (QED) is 0.212. The molecule has 4 N–H and O–H groups in total. The molecule has 3 aromatic rings. The molecule has 4 rings (SSSR count). The number of H-pyrrole nitrogens is 1. The van der Waals surface area contributed by atoms with E-state index >= 15 is 0 Å². The minimum Gasteiger partial charge on any atom is -0.493 e. The fraction of sp³-hybridized carbons (Fsp3) is 0.370. The molecule has 1 amide bonds. The minimum absolute atomic E-state index is 0.0396. The number of Topliss-reactive ketones (excluding diaryl/α,β-unsaturated/α-hetero) is 1. The fourth-order valence-electron chi connectivity index (χ4n) is 4.99. The van der Waals surface area contributed by atoms with Gasteiger partial charge in [-0.15, -0.1) is 0 Å². The Hall–Kier alpha value is -3.65. The summed E-state index contributed by atoms with van der Waals surface area (Å²) in [6.07, 6.45) is 5.67. The van der Waals surface area contributed by atoms with Gasteiger partial charge in [-0.05, 0) is 42.7 Å². The molecule has 8 nitrogen and oxygen atoms in total. The third-order valence-electron chi connectivity index (χ3n) is 6.88. The topological polar surface area (TPSA) is 124 Å². The van der Waals surface area contributed by atoms with Crippen molar-refractivity contribution in [1.29, 1.82) is 0 Å². The van der Waals surface area contributed by atoms with Crippen molar-refractivity contribution in [3.63, 3.8) is 0 Å². The number of imidazole rings is 1. The number of rotatable bonds is 9. The van der Waals surface area contributed by atoms with Gasteiger partial charge in [-0.3, -0.25) is 19.4 Å². The van der Waals surface area contributed by atoms with E-state index in [1.165, 1.54) is 0 Å². The summed E-state index contributed by atoms with van der Waals surface area (Å²) in [4.78, 5) is 40.3. The van der Waals surface area contributed by atoms with E-state index in [1.54, 1.807) is 17.6 Å². The van der Waals surface area contributed by atoms with Crippen LogP contribution in [0.5, 0.6) is 5.88 Å². The fourth-order valence-corrected chi connectivity index (χ4v) is 4.99. The number of hydroxylamine groups is 1. The molecule has 0 spiro atoms. The highest BCUT2D eigenvalue weighted by Crippen LogP contribution is 2.35. The molecule has 1 unspecified atom stereocenters. The zero-order valence-electron chi connectivity index (χ0n) is 19.6. The van der Waals surface area contributed by atoms with Gasteiger partial charge in [0.05, 0.1) is 5.69 Å². The predicted octanol–water partition coefficient (Wildman–Crippen LogP) is 3.72. The van der Waals surface area contributed by atoms with Crippen LogP contribution in [0.1, 0.15) is 65.3 Å². The first-order chi connectivity index (χ1) is 17.0. The first kappa shape index (κ1) is 24.5. The number of aromatic nitrogens is 2. The van der Waals surface area contributed by atoms with Gasteiger partial charge >= 0.3 is 5.69 Å². The van der Waals surface area contributed by atoms with Crippen molar-refractivity contribution in [2.45, 2.75) is 57.4 Å². The molecule has 0 bridgehead atoms. The summed E-state index contributed by atoms with van der Waals surface area (Å²) >= 11 is 0. The lowest BCUT2D eigenvalue weighted by Gasteiger charge is -2.29. The van der Waals surface area contributed by atoms with Gasteiger partial charge in [0.1, 0.15) is 6.04 Å². The molecule has 1 aromatic heterocycles. The Morgan fingerprint density at radius 2 is 1.66 bits per heavy atom. The molecule has 1 saturated carbocycles.